The molecule has 43 heavy (non-hydrogen) atoms. The molecule has 2 aliphatic heterocycles. The van der Waals surface area contributed by atoms with Gasteiger partial charge in [-0.05, 0) is 54.9 Å². The molecule has 1 saturated heterocycles. The van der Waals surface area contributed by atoms with Gasteiger partial charge in [0.05, 0.1) is 30.4 Å². The molecular formula is C33H45N5O5. The highest BCUT2D eigenvalue weighted by molar-refractivity contribution is 6.07. The minimum atomic E-state index is -0.812. The Bertz CT molecular complexity index is 1400. The van der Waals surface area contributed by atoms with Crippen LogP contribution in [0.15, 0.2) is 30.3 Å². The maximum Gasteiger partial charge on any atom is 0.303 e. The van der Waals surface area contributed by atoms with Crippen LogP contribution >= 0.6 is 0 Å². The van der Waals surface area contributed by atoms with Crippen molar-refractivity contribution in [1.82, 2.24) is 10.2 Å². The Labute approximate surface area is 254 Å². The monoisotopic (exact) mass is 591 g/mol. The normalized spacial score (nSPS) is 16.3. The Kier molecular flexibility index (Phi) is 9.67. The predicted octanol–water partition coefficient (Wildman–Crippen LogP) is 4.42. The molecule has 0 bridgehead atoms. The summed E-state index contributed by atoms with van der Waals surface area (Å²) >= 11 is 0. The summed E-state index contributed by atoms with van der Waals surface area (Å²) in [6.45, 7) is 8.05. The molecule has 2 heterocycles. The lowest BCUT2D eigenvalue weighted by Gasteiger charge is -2.32. The maximum absolute atomic E-state index is 13.9. The zero-order chi connectivity index (χ0) is 31.5. The standard InChI is InChI=1S/C33H45N5O5/c1-33(2,3)24-11-9-12-26(30(24)43-16-8-7-14-29(40)41)38-15-10-13-25(38)28(39)20-37-19-21-17-27(36(5)6)23(32(42)35-4)18-22(21)31(37)34/h9,11-12,17-18,25,34H,7-8,10,13-16,19-20H2,1-6H3,(H,35,42)(H,40,41). The number of amidine groups is 1. The smallest absolute Gasteiger partial charge is 0.303 e. The van der Waals surface area contributed by atoms with Crippen LogP contribution in [-0.4, -0.2) is 80.4 Å². The molecule has 1 fully saturated rings. The molecule has 3 N–H and O–H groups in total. The molecule has 0 saturated carbocycles. The third-order valence-corrected chi connectivity index (χ3v) is 8.22. The van der Waals surface area contributed by atoms with Crippen molar-refractivity contribution in [2.45, 2.75) is 70.9 Å². The summed E-state index contributed by atoms with van der Waals surface area (Å²) in [5.41, 5.74) is 4.61. The number of nitrogens with zero attached hydrogens (tertiary/aromatic N) is 3. The number of unbranched alkanes of at least 4 members (excludes halogenated alkanes) is 1. The number of ether oxygens (including phenoxy) is 1. The van der Waals surface area contributed by atoms with Gasteiger partial charge in [-0.15, -0.1) is 0 Å². The average molecular weight is 592 g/mol. The third-order valence-electron chi connectivity index (χ3n) is 8.22. The minimum absolute atomic E-state index is 0.0444. The van der Waals surface area contributed by atoms with Crippen LogP contribution in [0.25, 0.3) is 0 Å². The summed E-state index contributed by atoms with van der Waals surface area (Å²) in [7, 11) is 5.35. The van der Waals surface area contributed by atoms with E-state index in [0.717, 1.165) is 47.6 Å². The predicted molar refractivity (Wildman–Crippen MR) is 169 cm³/mol. The molecule has 10 heteroatoms. The van der Waals surface area contributed by atoms with Gasteiger partial charge >= 0.3 is 5.97 Å². The molecule has 2 aliphatic rings. The number of hydrogen-bond acceptors (Lipinski definition) is 7. The van der Waals surface area contributed by atoms with Gasteiger partial charge in [0.15, 0.2) is 5.78 Å². The molecule has 4 rings (SSSR count). The number of para-hydroxylation sites is 1. The topological polar surface area (TPSA) is 126 Å². The van der Waals surface area contributed by atoms with Crippen LogP contribution < -0.4 is 19.9 Å². The van der Waals surface area contributed by atoms with Crippen molar-refractivity contribution in [1.29, 1.82) is 5.41 Å². The van der Waals surface area contributed by atoms with E-state index in [9.17, 15) is 14.4 Å². The average Bonchev–Trinajstić information content (AvgIpc) is 3.55. The highest BCUT2D eigenvalue weighted by Gasteiger charge is 2.36. The fourth-order valence-electron chi connectivity index (χ4n) is 5.99. The van der Waals surface area contributed by atoms with Crippen molar-refractivity contribution in [3.63, 3.8) is 0 Å². The molecule has 0 aliphatic carbocycles. The number of carbonyl (C=O) groups is 3. The number of carbonyl (C=O) groups excluding carboxylic acids is 2. The molecule has 1 unspecified atom stereocenters. The maximum atomic E-state index is 13.9. The Morgan fingerprint density at radius 1 is 1.16 bits per heavy atom. The van der Waals surface area contributed by atoms with Crippen LogP contribution in [0.4, 0.5) is 11.4 Å². The summed E-state index contributed by atoms with van der Waals surface area (Å²) in [5.74, 6) is 0.0250. The second-order valence-electron chi connectivity index (χ2n) is 12.6. The van der Waals surface area contributed by atoms with Gasteiger partial charge in [0.1, 0.15) is 11.6 Å². The van der Waals surface area contributed by atoms with Gasteiger partial charge in [0.2, 0.25) is 0 Å². The first kappa shape index (κ1) is 31.8. The molecule has 0 radical (unpaired) electrons. The van der Waals surface area contributed by atoms with Crippen molar-refractivity contribution in [2.75, 3.05) is 50.6 Å². The van der Waals surface area contributed by atoms with Gasteiger partial charge in [-0.3, -0.25) is 19.8 Å². The second kappa shape index (κ2) is 13.1. The van der Waals surface area contributed by atoms with E-state index in [-0.39, 0.29) is 41.9 Å². The van der Waals surface area contributed by atoms with E-state index in [1.54, 1.807) is 18.0 Å². The van der Waals surface area contributed by atoms with Crippen LogP contribution in [0.3, 0.4) is 0 Å². The van der Waals surface area contributed by atoms with Crippen LogP contribution in [0, 0.1) is 5.41 Å². The number of carboxylic acids is 1. The number of benzene rings is 2. The zero-order valence-corrected chi connectivity index (χ0v) is 26.2. The van der Waals surface area contributed by atoms with E-state index >= 15 is 0 Å². The summed E-state index contributed by atoms with van der Waals surface area (Å²) in [6.07, 6.45) is 2.86. The first-order valence-electron chi connectivity index (χ1n) is 15.0. The fourth-order valence-corrected chi connectivity index (χ4v) is 5.99. The van der Waals surface area contributed by atoms with Gasteiger partial charge in [-0.25, -0.2) is 0 Å². The largest absolute Gasteiger partial charge is 0.491 e. The number of fused-ring (bicyclic) bond motifs is 1. The van der Waals surface area contributed by atoms with E-state index in [1.807, 2.05) is 37.2 Å². The summed E-state index contributed by atoms with van der Waals surface area (Å²) in [6, 6.07) is 9.42. The van der Waals surface area contributed by atoms with Gasteiger partial charge in [-0.1, -0.05) is 32.9 Å². The first-order chi connectivity index (χ1) is 20.3. The summed E-state index contributed by atoms with van der Waals surface area (Å²) < 4.78 is 6.35. The van der Waals surface area contributed by atoms with Gasteiger partial charge in [-0.2, -0.15) is 0 Å². The number of anilines is 2. The molecular weight excluding hydrogens is 546 g/mol. The minimum Gasteiger partial charge on any atom is -0.491 e. The van der Waals surface area contributed by atoms with Crippen molar-refractivity contribution < 1.29 is 24.2 Å². The first-order valence-corrected chi connectivity index (χ1v) is 15.0. The number of rotatable bonds is 12. The molecule has 2 aromatic carbocycles. The fraction of sp³-hybridized carbons (Fsp3) is 0.515. The number of amides is 1. The molecule has 10 nitrogen and oxygen atoms in total. The van der Waals surface area contributed by atoms with E-state index in [1.165, 1.54) is 0 Å². The number of hydrogen-bond donors (Lipinski definition) is 3. The number of aliphatic carboxylic acids is 1. The lowest BCUT2D eigenvalue weighted by molar-refractivity contribution is -0.137. The lowest BCUT2D eigenvalue weighted by Crippen LogP contribution is -2.42. The third kappa shape index (κ3) is 6.95. The van der Waals surface area contributed by atoms with Crippen LogP contribution in [0.1, 0.15) is 79.9 Å². The van der Waals surface area contributed by atoms with Crippen LogP contribution in [0.5, 0.6) is 5.75 Å². The molecule has 0 spiro atoms. The number of Topliss-reactive ketones (excluding diaryl/α,β-unsaturated/α-hetero) is 1. The molecule has 1 atom stereocenters. The Balaban J connectivity index is 1.55. The van der Waals surface area contributed by atoms with E-state index in [2.05, 4.69) is 37.1 Å². The van der Waals surface area contributed by atoms with E-state index in [4.69, 9.17) is 15.3 Å². The zero-order valence-electron chi connectivity index (χ0n) is 26.2. The second-order valence-corrected chi connectivity index (χ2v) is 12.6. The molecule has 232 valence electrons. The Morgan fingerprint density at radius 2 is 1.91 bits per heavy atom. The summed E-state index contributed by atoms with van der Waals surface area (Å²) in [4.78, 5) is 43.2. The van der Waals surface area contributed by atoms with Crippen molar-refractivity contribution >= 4 is 34.9 Å². The number of nitrogens with one attached hydrogen (secondary N) is 2. The lowest BCUT2D eigenvalue weighted by atomic mass is 9.85. The Hall–Kier alpha value is -4.08. The summed E-state index contributed by atoms with van der Waals surface area (Å²) in [5, 5.41) is 20.5. The molecule has 2 aromatic rings. The van der Waals surface area contributed by atoms with Gasteiger partial charge in [0, 0.05) is 57.5 Å². The van der Waals surface area contributed by atoms with Crippen molar-refractivity contribution in [2.24, 2.45) is 0 Å². The van der Waals surface area contributed by atoms with E-state index in [0.29, 0.717) is 37.1 Å². The van der Waals surface area contributed by atoms with Crippen molar-refractivity contribution in [3.05, 3.63) is 52.6 Å². The van der Waals surface area contributed by atoms with Crippen LogP contribution in [0.2, 0.25) is 0 Å². The van der Waals surface area contributed by atoms with Gasteiger partial charge in [0.25, 0.3) is 5.91 Å². The van der Waals surface area contributed by atoms with Crippen LogP contribution in [-0.2, 0) is 21.5 Å². The Morgan fingerprint density at radius 3 is 2.56 bits per heavy atom. The number of ketones is 1. The molecule has 0 aromatic heterocycles. The number of carboxylic acid groups (broad SMARTS) is 1. The quantitative estimate of drug-likeness (QED) is 0.310. The highest BCUT2D eigenvalue weighted by Crippen LogP contribution is 2.42. The van der Waals surface area contributed by atoms with Gasteiger partial charge < -0.3 is 29.9 Å². The van der Waals surface area contributed by atoms with Crippen molar-refractivity contribution in [3.8, 4) is 5.75 Å². The SMILES string of the molecule is CNC(=O)c1cc2c(cc1N(C)C)CN(CC(=O)C1CCCN1c1cccc(C(C)(C)C)c1OCCCCC(=O)O)C2=N. The highest BCUT2D eigenvalue weighted by atomic mass is 16.5. The van der Waals surface area contributed by atoms with E-state index < -0.39 is 5.97 Å². The molecule has 1 amide bonds.